The van der Waals surface area contributed by atoms with E-state index in [9.17, 15) is 5.11 Å². The van der Waals surface area contributed by atoms with Crippen LogP contribution in [-0.4, -0.2) is 36.2 Å². The molecule has 2 bridgehead atoms. The van der Waals surface area contributed by atoms with Gasteiger partial charge in [0.2, 0.25) is 0 Å². The molecule has 2 aliphatic rings. The van der Waals surface area contributed by atoms with Crippen molar-refractivity contribution in [1.29, 1.82) is 0 Å². The highest BCUT2D eigenvalue weighted by Gasteiger charge is 2.43. The number of phenols is 1. The van der Waals surface area contributed by atoms with Gasteiger partial charge in [0.25, 0.3) is 0 Å². The number of methoxy groups -OCH3 is 1. The number of rotatable bonds is 5. The Hall–Kier alpha value is -1.71. The first-order valence-corrected chi connectivity index (χ1v) is 9.85. The van der Waals surface area contributed by atoms with Crippen LogP contribution in [0.2, 0.25) is 0 Å². The Balaban J connectivity index is 0.00000210. The third kappa shape index (κ3) is 4.25. The van der Waals surface area contributed by atoms with Crippen LogP contribution in [0.4, 0.5) is 0 Å². The molecule has 2 atom stereocenters. The summed E-state index contributed by atoms with van der Waals surface area (Å²) in [5, 5.41) is 9.92. The molecule has 3 nitrogen and oxygen atoms in total. The number of phenolic OH excluding ortho intramolecular Hbond substituents is 1. The van der Waals surface area contributed by atoms with Gasteiger partial charge in [-0.1, -0.05) is 30.7 Å². The summed E-state index contributed by atoms with van der Waals surface area (Å²) in [6.45, 7) is 2.28. The highest BCUT2D eigenvalue weighted by atomic mass is 35.5. The van der Waals surface area contributed by atoms with Crippen molar-refractivity contribution in [2.45, 2.75) is 50.0 Å². The van der Waals surface area contributed by atoms with E-state index in [1.165, 1.54) is 43.2 Å². The molecule has 1 saturated carbocycles. The van der Waals surface area contributed by atoms with E-state index >= 15 is 0 Å². The highest BCUT2D eigenvalue weighted by molar-refractivity contribution is 5.85. The van der Waals surface area contributed by atoms with Gasteiger partial charge in [0.05, 0.1) is 7.11 Å². The summed E-state index contributed by atoms with van der Waals surface area (Å²) in [5.74, 6) is 1.35. The molecule has 1 heterocycles. The number of ether oxygens (including phenoxy) is 1. The maximum Gasteiger partial charge on any atom is 0.119 e. The van der Waals surface area contributed by atoms with E-state index < -0.39 is 0 Å². The zero-order chi connectivity index (χ0) is 18.0. The van der Waals surface area contributed by atoms with Gasteiger partial charge in [0.15, 0.2) is 0 Å². The molecular formula is C23H30ClNO2. The molecule has 1 aliphatic heterocycles. The molecule has 0 spiro atoms. The number of likely N-dealkylation sites (tertiary alicyclic amines) is 1. The second kappa shape index (κ2) is 8.53. The summed E-state index contributed by atoms with van der Waals surface area (Å²) < 4.78 is 5.35. The molecule has 0 aromatic heterocycles. The Morgan fingerprint density at radius 3 is 2.81 bits per heavy atom. The minimum Gasteiger partial charge on any atom is -0.508 e. The minimum absolute atomic E-state index is 0. The van der Waals surface area contributed by atoms with Crippen LogP contribution in [0.25, 0.3) is 0 Å². The van der Waals surface area contributed by atoms with Crippen LogP contribution in [0.15, 0.2) is 48.5 Å². The Morgan fingerprint density at radius 2 is 2.00 bits per heavy atom. The molecule has 1 aliphatic carbocycles. The van der Waals surface area contributed by atoms with Crippen LogP contribution in [0.3, 0.4) is 0 Å². The van der Waals surface area contributed by atoms with Gasteiger partial charge in [-0.2, -0.15) is 0 Å². The summed E-state index contributed by atoms with van der Waals surface area (Å²) in [6, 6.07) is 17.1. The smallest absolute Gasteiger partial charge is 0.119 e. The van der Waals surface area contributed by atoms with E-state index in [1.807, 2.05) is 18.2 Å². The van der Waals surface area contributed by atoms with Gasteiger partial charge in [-0.3, -0.25) is 4.90 Å². The molecule has 2 aromatic carbocycles. The number of hydrogen-bond acceptors (Lipinski definition) is 3. The van der Waals surface area contributed by atoms with Gasteiger partial charge < -0.3 is 9.84 Å². The second-order valence-corrected chi connectivity index (χ2v) is 7.97. The molecule has 1 N–H and O–H groups in total. The summed E-state index contributed by atoms with van der Waals surface area (Å²) in [4.78, 5) is 2.69. The molecule has 1 saturated heterocycles. The van der Waals surface area contributed by atoms with E-state index in [1.54, 1.807) is 13.2 Å². The first kappa shape index (κ1) is 20.0. The maximum atomic E-state index is 9.92. The monoisotopic (exact) mass is 387 g/mol. The van der Waals surface area contributed by atoms with Crippen molar-refractivity contribution in [3.05, 3.63) is 59.7 Å². The lowest BCUT2D eigenvalue weighted by Gasteiger charge is -2.51. The molecule has 146 valence electrons. The van der Waals surface area contributed by atoms with Crippen molar-refractivity contribution >= 4 is 12.4 Å². The Bertz CT molecular complexity index is 766. The number of aromatic hydroxyl groups is 1. The third-order valence-electron chi connectivity index (χ3n) is 6.49. The first-order valence-electron chi connectivity index (χ1n) is 9.85. The van der Waals surface area contributed by atoms with Crippen molar-refractivity contribution in [1.82, 2.24) is 4.90 Å². The zero-order valence-electron chi connectivity index (χ0n) is 16.1. The fraction of sp³-hybridized carbons (Fsp3) is 0.478. The third-order valence-corrected chi connectivity index (χ3v) is 6.49. The van der Waals surface area contributed by atoms with Crippen LogP contribution in [0, 0.1) is 0 Å². The minimum atomic E-state index is 0. The molecular weight excluding hydrogens is 358 g/mol. The quantitative estimate of drug-likeness (QED) is 0.787. The molecule has 0 radical (unpaired) electrons. The van der Waals surface area contributed by atoms with Gasteiger partial charge in [-0.15, -0.1) is 12.4 Å². The standard InChI is InChI=1S/C23H29NO2.ClH/c1-26-22-9-2-5-18(15-22)10-13-24-14-12-23(11-4-7-20(24)17-23)19-6-3-8-21(25)16-19;/h2-3,5-6,8-9,15-16,20,25H,4,7,10-14,17H2,1H3;1H/t20-,23+;/m0./s1. The molecule has 4 rings (SSSR count). The van der Waals surface area contributed by atoms with Crippen molar-refractivity contribution in [2.75, 3.05) is 20.2 Å². The van der Waals surface area contributed by atoms with E-state index in [4.69, 9.17) is 4.74 Å². The van der Waals surface area contributed by atoms with Crippen molar-refractivity contribution < 1.29 is 9.84 Å². The fourth-order valence-corrected chi connectivity index (χ4v) is 5.05. The summed E-state index contributed by atoms with van der Waals surface area (Å²) in [5.41, 5.74) is 2.97. The van der Waals surface area contributed by atoms with E-state index in [0.717, 1.165) is 25.3 Å². The first-order chi connectivity index (χ1) is 12.7. The van der Waals surface area contributed by atoms with Gasteiger partial charge in [0, 0.05) is 12.6 Å². The predicted molar refractivity (Wildman–Crippen MR) is 112 cm³/mol. The zero-order valence-corrected chi connectivity index (χ0v) is 16.9. The lowest BCUT2D eigenvalue weighted by Crippen LogP contribution is -2.52. The Labute approximate surface area is 168 Å². The number of halogens is 1. The number of hydrogen-bond donors (Lipinski definition) is 1. The van der Waals surface area contributed by atoms with Crippen LogP contribution in [0.1, 0.15) is 43.2 Å². The van der Waals surface area contributed by atoms with Gasteiger partial charge in [-0.05, 0) is 79.5 Å². The van der Waals surface area contributed by atoms with Gasteiger partial charge >= 0.3 is 0 Å². The Kier molecular flexibility index (Phi) is 6.33. The van der Waals surface area contributed by atoms with Crippen molar-refractivity contribution in [3.8, 4) is 11.5 Å². The topological polar surface area (TPSA) is 32.7 Å². The molecule has 27 heavy (non-hydrogen) atoms. The van der Waals surface area contributed by atoms with Crippen molar-refractivity contribution in [3.63, 3.8) is 0 Å². The Morgan fingerprint density at radius 1 is 1.15 bits per heavy atom. The number of fused-ring (bicyclic) bond motifs is 2. The molecule has 2 aromatic rings. The van der Waals surface area contributed by atoms with Crippen LogP contribution < -0.4 is 4.74 Å². The van der Waals surface area contributed by atoms with Gasteiger partial charge in [0.1, 0.15) is 11.5 Å². The van der Waals surface area contributed by atoms with Crippen LogP contribution in [0.5, 0.6) is 11.5 Å². The summed E-state index contributed by atoms with van der Waals surface area (Å²) in [7, 11) is 1.73. The normalized spacial score (nSPS) is 24.9. The molecule has 4 heteroatoms. The maximum absolute atomic E-state index is 9.92. The lowest BCUT2D eigenvalue weighted by atomic mass is 9.63. The molecule has 0 amide bonds. The van der Waals surface area contributed by atoms with E-state index in [2.05, 4.69) is 29.2 Å². The number of nitrogens with zero attached hydrogens (tertiary/aromatic N) is 1. The SMILES string of the molecule is COc1cccc(CCN2CC[C@]3(c4cccc(O)c4)CCC[C@H]2C3)c1.Cl. The number of piperidine rings is 1. The average Bonchev–Trinajstić information content (AvgIpc) is 2.68. The predicted octanol–water partition coefficient (Wildman–Crippen LogP) is 4.95. The van der Waals surface area contributed by atoms with Crippen LogP contribution >= 0.6 is 12.4 Å². The second-order valence-electron chi connectivity index (χ2n) is 7.97. The van der Waals surface area contributed by atoms with E-state index in [-0.39, 0.29) is 17.8 Å². The summed E-state index contributed by atoms with van der Waals surface area (Å²) >= 11 is 0. The van der Waals surface area contributed by atoms with Gasteiger partial charge in [-0.25, -0.2) is 0 Å². The van der Waals surface area contributed by atoms with Crippen LogP contribution in [-0.2, 0) is 11.8 Å². The van der Waals surface area contributed by atoms with Crippen molar-refractivity contribution in [2.24, 2.45) is 0 Å². The highest BCUT2D eigenvalue weighted by Crippen LogP contribution is 2.47. The van der Waals surface area contributed by atoms with E-state index in [0.29, 0.717) is 11.8 Å². The largest absolute Gasteiger partial charge is 0.508 e. The molecule has 2 fully saturated rings. The molecule has 0 unspecified atom stereocenters. The fourth-order valence-electron chi connectivity index (χ4n) is 5.05. The number of benzene rings is 2. The summed E-state index contributed by atoms with van der Waals surface area (Å²) in [6.07, 6.45) is 7.36. The average molecular weight is 388 g/mol. The lowest BCUT2D eigenvalue weighted by molar-refractivity contribution is 0.0524.